The molecule has 1 aliphatic rings. The maximum Gasteiger partial charge on any atom is 0.0702 e. The fraction of sp³-hybridized carbons (Fsp3) is 0.370. The quantitative estimate of drug-likeness (QED) is 0.381. The van der Waals surface area contributed by atoms with Crippen molar-refractivity contribution >= 4 is 11.9 Å². The third-order valence-corrected chi connectivity index (χ3v) is 5.35. The summed E-state index contributed by atoms with van der Waals surface area (Å²) >= 11 is 0. The number of benzene rings is 1. The first-order valence-electron chi connectivity index (χ1n) is 11.3. The molecule has 0 heterocycles. The van der Waals surface area contributed by atoms with Gasteiger partial charge in [0.2, 0.25) is 0 Å². The molecule has 0 bridgehead atoms. The summed E-state index contributed by atoms with van der Waals surface area (Å²) in [4.78, 5) is 4.29. The summed E-state index contributed by atoms with van der Waals surface area (Å²) in [6.07, 6.45) is 17.8. The first-order chi connectivity index (χ1) is 14.5. The zero-order chi connectivity index (χ0) is 23.1. The van der Waals surface area contributed by atoms with Crippen LogP contribution in [0.25, 0.3) is 0 Å². The van der Waals surface area contributed by atoms with E-state index in [1.54, 1.807) is 24.4 Å². The Morgan fingerprint density at radius 3 is 2.62 bits per heavy atom. The molecule has 0 amide bonds. The van der Waals surface area contributed by atoms with Crippen LogP contribution in [0.4, 0.5) is 5.69 Å². The molecule has 0 atom stereocenters. The molecule has 2 rings (SSSR count). The van der Waals surface area contributed by atoms with Gasteiger partial charge in [0.15, 0.2) is 0 Å². The number of aliphatic hydroxyl groups is 1. The van der Waals surface area contributed by atoms with Gasteiger partial charge in [0.05, 0.1) is 15.0 Å². The molecule has 154 valence electrons. The largest absolute Gasteiger partial charge is 0.392 e. The summed E-state index contributed by atoms with van der Waals surface area (Å²) in [7, 11) is 0. The molecular formula is C27H35NO. The molecule has 0 unspecified atom stereocenters. The predicted octanol–water partition coefficient (Wildman–Crippen LogP) is 7.41. The highest BCUT2D eigenvalue weighted by molar-refractivity contribution is 5.76. The van der Waals surface area contributed by atoms with Crippen molar-refractivity contribution < 1.29 is 7.85 Å². The van der Waals surface area contributed by atoms with Gasteiger partial charge in [0, 0.05) is 11.8 Å². The topological polar surface area (TPSA) is 32.6 Å². The number of rotatable bonds is 7. The lowest BCUT2D eigenvalue weighted by Crippen LogP contribution is -2.19. The van der Waals surface area contributed by atoms with Gasteiger partial charge in [-0.25, -0.2) is 0 Å². The van der Waals surface area contributed by atoms with Crippen LogP contribution in [0.2, 0.25) is 0 Å². The first-order valence-corrected chi connectivity index (χ1v) is 10.3. The standard InChI is InChI=1S/C27H35NO/c1-21(15-16-25-23(3)12-9-18-27(25,4)5)10-8-11-22(2)17-19-28-26-14-7-6-13-24(26)20-29/h6-8,10-11,13-17,19,29H,9,12,18,20H2,1-5H3/b11-8+,16-15+,21-10+,22-17+,28-19?/i20D2. The SMILES string of the molecule is [2H]C([2H])(O)c1ccccc1N=C/C=C(C)/C=C/C=C(C)/C=C/C1=C(C)CCCC1(C)C. The first kappa shape index (κ1) is 19.8. The average molecular weight is 392 g/mol. The van der Waals surface area contributed by atoms with Crippen LogP contribution in [0, 0.1) is 5.41 Å². The predicted molar refractivity (Wildman–Crippen MR) is 127 cm³/mol. The molecule has 1 aliphatic carbocycles. The highest BCUT2D eigenvalue weighted by atomic mass is 16.3. The van der Waals surface area contributed by atoms with Crippen LogP contribution in [0.5, 0.6) is 0 Å². The molecule has 0 saturated carbocycles. The van der Waals surface area contributed by atoms with Crippen LogP contribution in [0.15, 0.2) is 88.0 Å². The van der Waals surface area contributed by atoms with E-state index in [2.05, 4.69) is 50.9 Å². The molecule has 0 radical (unpaired) electrons. The Bertz CT molecular complexity index is 954. The van der Waals surface area contributed by atoms with Gasteiger partial charge in [-0.1, -0.05) is 73.6 Å². The molecule has 0 spiro atoms. The molecular weight excluding hydrogens is 354 g/mol. The summed E-state index contributed by atoms with van der Waals surface area (Å²) in [5, 5.41) is 9.63. The molecule has 2 heteroatoms. The van der Waals surface area contributed by atoms with E-state index in [1.807, 2.05) is 25.2 Å². The molecule has 0 fully saturated rings. The minimum Gasteiger partial charge on any atom is -0.392 e. The van der Waals surface area contributed by atoms with Crippen LogP contribution in [0.3, 0.4) is 0 Å². The van der Waals surface area contributed by atoms with Gasteiger partial charge < -0.3 is 5.11 Å². The third kappa shape index (κ3) is 7.14. The average Bonchev–Trinajstić information content (AvgIpc) is 2.66. The molecule has 0 aliphatic heterocycles. The summed E-state index contributed by atoms with van der Waals surface area (Å²) in [5.74, 6) is 0. The Morgan fingerprint density at radius 2 is 1.90 bits per heavy atom. The van der Waals surface area contributed by atoms with Crippen molar-refractivity contribution in [2.75, 3.05) is 0 Å². The molecule has 29 heavy (non-hydrogen) atoms. The van der Waals surface area contributed by atoms with Crippen LogP contribution in [0.1, 0.15) is 62.2 Å². The van der Waals surface area contributed by atoms with E-state index < -0.39 is 6.56 Å². The number of hydrogen-bond acceptors (Lipinski definition) is 2. The van der Waals surface area contributed by atoms with Crippen molar-refractivity contribution in [3.8, 4) is 0 Å². The number of allylic oxidation sites excluding steroid dienone is 10. The van der Waals surface area contributed by atoms with E-state index in [1.165, 1.54) is 42.0 Å². The van der Waals surface area contributed by atoms with Gasteiger partial charge in [0.1, 0.15) is 0 Å². The fourth-order valence-corrected chi connectivity index (χ4v) is 3.60. The van der Waals surface area contributed by atoms with Gasteiger partial charge in [-0.2, -0.15) is 0 Å². The second-order valence-corrected chi connectivity index (χ2v) is 8.35. The summed E-state index contributed by atoms with van der Waals surface area (Å²) < 4.78 is 15.0. The monoisotopic (exact) mass is 391 g/mol. The maximum atomic E-state index is 9.63. The van der Waals surface area contributed by atoms with E-state index in [0.29, 0.717) is 5.69 Å². The number of nitrogens with zero attached hydrogens (tertiary/aromatic N) is 1. The van der Waals surface area contributed by atoms with Gasteiger partial charge in [-0.3, -0.25) is 4.99 Å². The molecule has 1 aromatic carbocycles. The Balaban J connectivity index is 2.03. The normalized spacial score (nSPS) is 20.1. The molecule has 2 nitrogen and oxygen atoms in total. The smallest absolute Gasteiger partial charge is 0.0702 e. The Kier molecular flexibility index (Phi) is 7.47. The zero-order valence-corrected chi connectivity index (χ0v) is 18.4. The van der Waals surface area contributed by atoms with Gasteiger partial charge in [-0.15, -0.1) is 0 Å². The Morgan fingerprint density at radius 1 is 1.17 bits per heavy atom. The minimum absolute atomic E-state index is 0.157. The van der Waals surface area contributed by atoms with Gasteiger partial charge in [0.25, 0.3) is 0 Å². The third-order valence-electron chi connectivity index (χ3n) is 5.35. The van der Waals surface area contributed by atoms with E-state index >= 15 is 0 Å². The highest BCUT2D eigenvalue weighted by Gasteiger charge is 2.26. The lowest BCUT2D eigenvalue weighted by molar-refractivity contribution is 0.282. The lowest BCUT2D eigenvalue weighted by Gasteiger charge is -2.32. The molecule has 1 N–H and O–H groups in total. The van der Waals surface area contributed by atoms with Gasteiger partial charge in [-0.05, 0) is 68.7 Å². The minimum atomic E-state index is -2.41. The van der Waals surface area contributed by atoms with Crippen molar-refractivity contribution in [2.45, 2.75) is 60.4 Å². The van der Waals surface area contributed by atoms with Gasteiger partial charge >= 0.3 is 0 Å². The zero-order valence-electron chi connectivity index (χ0n) is 20.4. The van der Waals surface area contributed by atoms with Crippen LogP contribution < -0.4 is 0 Å². The lowest BCUT2D eigenvalue weighted by atomic mass is 9.72. The Labute approximate surface area is 179 Å². The van der Waals surface area contributed by atoms with E-state index in [0.717, 1.165) is 5.57 Å². The summed E-state index contributed by atoms with van der Waals surface area (Å²) in [6, 6.07) is 6.67. The van der Waals surface area contributed by atoms with Crippen LogP contribution in [-0.4, -0.2) is 11.3 Å². The molecule has 1 aromatic rings. The highest BCUT2D eigenvalue weighted by Crippen LogP contribution is 2.40. The maximum absolute atomic E-state index is 9.63. The second-order valence-electron chi connectivity index (χ2n) is 8.35. The molecule has 0 aromatic heterocycles. The van der Waals surface area contributed by atoms with Crippen LogP contribution >= 0.6 is 0 Å². The second kappa shape index (κ2) is 10.9. The van der Waals surface area contributed by atoms with E-state index in [9.17, 15) is 5.11 Å². The van der Waals surface area contributed by atoms with Crippen molar-refractivity contribution in [3.63, 3.8) is 0 Å². The molecule has 0 saturated heterocycles. The van der Waals surface area contributed by atoms with Crippen molar-refractivity contribution in [1.29, 1.82) is 0 Å². The Hall–Kier alpha value is -2.45. The number of aliphatic imine (C=N–C) groups is 1. The van der Waals surface area contributed by atoms with E-state index in [4.69, 9.17) is 2.74 Å². The van der Waals surface area contributed by atoms with Crippen molar-refractivity contribution in [2.24, 2.45) is 10.4 Å². The van der Waals surface area contributed by atoms with Crippen molar-refractivity contribution in [1.82, 2.24) is 0 Å². The number of para-hydroxylation sites is 1. The summed E-state index contributed by atoms with van der Waals surface area (Å²) in [6.45, 7) is 8.59. The summed E-state index contributed by atoms with van der Waals surface area (Å²) in [5.41, 5.74) is 6.01. The van der Waals surface area contributed by atoms with Crippen molar-refractivity contribution in [3.05, 3.63) is 88.6 Å². The fourth-order valence-electron chi connectivity index (χ4n) is 3.60. The van der Waals surface area contributed by atoms with Crippen LogP contribution in [-0.2, 0) is 6.56 Å². The number of hydrogen-bond donors (Lipinski definition) is 1. The van der Waals surface area contributed by atoms with E-state index in [-0.39, 0.29) is 11.0 Å².